The van der Waals surface area contributed by atoms with Gasteiger partial charge in [0, 0.05) is 10.7 Å². The van der Waals surface area contributed by atoms with Crippen LogP contribution < -0.4 is 10.1 Å². The van der Waals surface area contributed by atoms with Gasteiger partial charge in [-0.25, -0.2) is 0 Å². The maximum atomic E-state index is 12.5. The Morgan fingerprint density at radius 2 is 1.97 bits per heavy atom. The van der Waals surface area contributed by atoms with Crippen LogP contribution in [-0.4, -0.2) is 5.91 Å². The maximum Gasteiger partial charge on any atom is 0.266 e. The van der Waals surface area contributed by atoms with E-state index in [4.69, 9.17) is 16.3 Å². The number of anilines is 1. The molecule has 0 aliphatic rings. The molecule has 0 spiro atoms. The minimum Gasteiger partial charge on any atom is -0.488 e. The Bertz CT molecular complexity index is 1200. The first-order valence-electron chi connectivity index (χ1n) is 9.53. The minimum absolute atomic E-state index is 0.0166. The summed E-state index contributed by atoms with van der Waals surface area (Å²) in [5, 5.41) is 12.7. The van der Waals surface area contributed by atoms with Crippen molar-refractivity contribution in [3.8, 4) is 11.8 Å². The lowest BCUT2D eigenvalue weighted by Gasteiger charge is -2.10. The number of aryl methyl sites for hydroxylation is 2. The standard InChI is InChI=1S/C25H20BrClN2O2/c1-16-4-3-5-19(10-16)15-31-24-9-7-18(12-22(24)26)11-20(14-28)25(30)29-21-8-6-17(2)23(27)13-21/h3-13H,15H2,1-2H3,(H,29,30)/b20-11-. The number of nitriles is 1. The molecule has 0 aliphatic carbocycles. The third-order valence-electron chi connectivity index (χ3n) is 4.54. The highest BCUT2D eigenvalue weighted by atomic mass is 79.9. The first-order chi connectivity index (χ1) is 14.9. The van der Waals surface area contributed by atoms with E-state index in [9.17, 15) is 10.1 Å². The van der Waals surface area contributed by atoms with E-state index < -0.39 is 5.91 Å². The second-order valence-electron chi connectivity index (χ2n) is 7.06. The molecule has 3 aromatic rings. The predicted octanol–water partition coefficient (Wildman–Crippen LogP) is 6.84. The molecule has 1 amide bonds. The SMILES string of the molecule is Cc1cccc(COc2ccc(/C=C(/C#N)C(=O)Nc3ccc(C)c(Cl)c3)cc2Br)c1. The van der Waals surface area contributed by atoms with Gasteiger partial charge in [-0.15, -0.1) is 0 Å². The fraction of sp³-hybridized carbons (Fsp3) is 0.120. The summed E-state index contributed by atoms with van der Waals surface area (Å²) in [6.45, 7) is 4.36. The number of nitrogens with one attached hydrogen (secondary N) is 1. The van der Waals surface area contributed by atoms with Gasteiger partial charge in [0.05, 0.1) is 4.47 Å². The molecule has 0 unspecified atom stereocenters. The summed E-state index contributed by atoms with van der Waals surface area (Å²) in [5.41, 5.74) is 4.37. The van der Waals surface area contributed by atoms with Gasteiger partial charge in [0.25, 0.3) is 5.91 Å². The van der Waals surface area contributed by atoms with E-state index in [0.29, 0.717) is 28.6 Å². The van der Waals surface area contributed by atoms with Gasteiger partial charge < -0.3 is 10.1 Å². The van der Waals surface area contributed by atoms with E-state index in [1.165, 1.54) is 11.6 Å². The van der Waals surface area contributed by atoms with Gasteiger partial charge in [0.15, 0.2) is 0 Å². The summed E-state index contributed by atoms with van der Waals surface area (Å²) in [7, 11) is 0. The lowest BCUT2D eigenvalue weighted by atomic mass is 10.1. The molecular weight excluding hydrogens is 476 g/mol. The van der Waals surface area contributed by atoms with Crippen LogP contribution in [0.1, 0.15) is 22.3 Å². The third kappa shape index (κ3) is 6.21. The summed E-state index contributed by atoms with van der Waals surface area (Å²) in [6.07, 6.45) is 1.53. The quantitative estimate of drug-likeness (QED) is 0.301. The molecule has 4 nitrogen and oxygen atoms in total. The Morgan fingerprint density at radius 3 is 2.65 bits per heavy atom. The van der Waals surface area contributed by atoms with Crippen molar-refractivity contribution in [2.24, 2.45) is 0 Å². The zero-order valence-electron chi connectivity index (χ0n) is 17.1. The van der Waals surface area contributed by atoms with Crippen LogP contribution in [0, 0.1) is 25.2 Å². The van der Waals surface area contributed by atoms with Crippen molar-refractivity contribution in [3.63, 3.8) is 0 Å². The molecule has 1 N–H and O–H groups in total. The van der Waals surface area contributed by atoms with Crippen molar-refractivity contribution < 1.29 is 9.53 Å². The van der Waals surface area contributed by atoms with Crippen LogP contribution in [0.2, 0.25) is 5.02 Å². The number of hydrogen-bond acceptors (Lipinski definition) is 3. The number of benzene rings is 3. The molecule has 0 saturated carbocycles. The Morgan fingerprint density at radius 1 is 1.16 bits per heavy atom. The molecule has 0 aliphatic heterocycles. The smallest absolute Gasteiger partial charge is 0.266 e. The number of amides is 1. The summed E-state index contributed by atoms with van der Waals surface area (Å²) in [6, 6.07) is 20.7. The van der Waals surface area contributed by atoms with Gasteiger partial charge in [-0.3, -0.25) is 4.79 Å². The number of rotatable bonds is 6. The highest BCUT2D eigenvalue weighted by Gasteiger charge is 2.11. The fourth-order valence-corrected chi connectivity index (χ4v) is 3.56. The summed E-state index contributed by atoms with van der Waals surface area (Å²) >= 11 is 9.60. The number of halogens is 2. The Balaban J connectivity index is 1.71. The summed E-state index contributed by atoms with van der Waals surface area (Å²) in [5.74, 6) is 0.175. The number of nitrogens with zero attached hydrogens (tertiary/aromatic N) is 1. The van der Waals surface area contributed by atoms with Gasteiger partial charge >= 0.3 is 0 Å². The van der Waals surface area contributed by atoms with Crippen LogP contribution >= 0.6 is 27.5 Å². The van der Waals surface area contributed by atoms with E-state index in [-0.39, 0.29) is 5.57 Å². The van der Waals surface area contributed by atoms with Crippen LogP contribution in [0.25, 0.3) is 6.08 Å². The first kappa shape index (κ1) is 22.6. The average Bonchev–Trinajstić information content (AvgIpc) is 2.74. The van der Waals surface area contributed by atoms with Crippen molar-refractivity contribution in [2.45, 2.75) is 20.5 Å². The van der Waals surface area contributed by atoms with Crippen LogP contribution in [0.3, 0.4) is 0 Å². The molecule has 0 saturated heterocycles. The molecule has 31 heavy (non-hydrogen) atoms. The average molecular weight is 496 g/mol. The van der Waals surface area contributed by atoms with E-state index in [1.54, 1.807) is 36.4 Å². The maximum absolute atomic E-state index is 12.5. The normalized spacial score (nSPS) is 11.0. The lowest BCUT2D eigenvalue weighted by molar-refractivity contribution is -0.112. The highest BCUT2D eigenvalue weighted by molar-refractivity contribution is 9.10. The molecule has 0 radical (unpaired) electrons. The lowest BCUT2D eigenvalue weighted by Crippen LogP contribution is -2.13. The van der Waals surface area contributed by atoms with Gasteiger partial charge in [-0.1, -0.05) is 53.6 Å². The second kappa shape index (κ2) is 10.3. The Kier molecular flexibility index (Phi) is 7.51. The van der Waals surface area contributed by atoms with Gasteiger partial charge in [0.2, 0.25) is 0 Å². The predicted molar refractivity (Wildman–Crippen MR) is 128 cm³/mol. The summed E-state index contributed by atoms with van der Waals surface area (Å²) < 4.78 is 6.62. The largest absolute Gasteiger partial charge is 0.488 e. The van der Waals surface area contributed by atoms with Crippen LogP contribution in [0.15, 0.2) is 70.7 Å². The molecule has 0 aromatic heterocycles. The number of carbonyl (C=O) groups excluding carboxylic acids is 1. The van der Waals surface area contributed by atoms with Crippen molar-refractivity contribution in [2.75, 3.05) is 5.32 Å². The van der Waals surface area contributed by atoms with E-state index in [2.05, 4.69) is 27.3 Å². The van der Waals surface area contributed by atoms with Gasteiger partial charge in [-0.05, 0) is 76.8 Å². The van der Waals surface area contributed by atoms with Gasteiger partial charge in [0.1, 0.15) is 24.0 Å². The number of carbonyl (C=O) groups is 1. The van der Waals surface area contributed by atoms with Crippen molar-refractivity contribution >= 4 is 45.2 Å². The van der Waals surface area contributed by atoms with Crippen molar-refractivity contribution in [1.82, 2.24) is 0 Å². The Labute approximate surface area is 195 Å². The molecular formula is C25H20BrClN2O2. The fourth-order valence-electron chi connectivity index (χ4n) is 2.87. The topological polar surface area (TPSA) is 62.1 Å². The zero-order chi connectivity index (χ0) is 22.4. The molecule has 0 heterocycles. The van der Waals surface area contributed by atoms with Crippen molar-refractivity contribution in [1.29, 1.82) is 5.26 Å². The molecule has 0 atom stereocenters. The van der Waals surface area contributed by atoms with E-state index in [1.807, 2.05) is 38.1 Å². The van der Waals surface area contributed by atoms with Crippen LogP contribution in [0.5, 0.6) is 5.75 Å². The number of hydrogen-bond donors (Lipinski definition) is 1. The minimum atomic E-state index is -0.502. The molecule has 6 heteroatoms. The van der Waals surface area contributed by atoms with Crippen LogP contribution in [-0.2, 0) is 11.4 Å². The molecule has 0 fully saturated rings. The Hall–Kier alpha value is -3.07. The highest BCUT2D eigenvalue weighted by Crippen LogP contribution is 2.28. The number of ether oxygens (including phenoxy) is 1. The van der Waals surface area contributed by atoms with Crippen LogP contribution in [0.4, 0.5) is 5.69 Å². The zero-order valence-corrected chi connectivity index (χ0v) is 19.4. The van der Waals surface area contributed by atoms with Crippen molar-refractivity contribution in [3.05, 3.63) is 98.0 Å². The molecule has 3 aromatic carbocycles. The molecule has 3 rings (SSSR count). The second-order valence-corrected chi connectivity index (χ2v) is 8.32. The molecule has 156 valence electrons. The van der Waals surface area contributed by atoms with E-state index in [0.717, 1.165) is 15.6 Å². The summed E-state index contributed by atoms with van der Waals surface area (Å²) in [4.78, 5) is 12.5. The molecule has 0 bridgehead atoms. The third-order valence-corrected chi connectivity index (χ3v) is 5.57. The monoisotopic (exact) mass is 494 g/mol. The van der Waals surface area contributed by atoms with E-state index >= 15 is 0 Å². The van der Waals surface area contributed by atoms with Gasteiger partial charge in [-0.2, -0.15) is 5.26 Å². The first-order valence-corrected chi connectivity index (χ1v) is 10.7.